The maximum Gasteiger partial charge on any atom is 0.191 e. The molecule has 0 aliphatic carbocycles. The zero-order valence-electron chi connectivity index (χ0n) is 12.7. The Kier molecular flexibility index (Phi) is 11.7. The minimum atomic E-state index is 0. The SMILES string of the molecule is CCNC(=NCCC1CCN(CC)CC1)NCC.I. The summed E-state index contributed by atoms with van der Waals surface area (Å²) in [6, 6.07) is 0. The Morgan fingerprint density at radius 2 is 1.68 bits per heavy atom. The maximum atomic E-state index is 4.62. The van der Waals surface area contributed by atoms with Crippen LogP contribution in [0.2, 0.25) is 0 Å². The molecule has 0 aromatic rings. The van der Waals surface area contributed by atoms with Crippen molar-refractivity contribution in [3.05, 3.63) is 0 Å². The van der Waals surface area contributed by atoms with Gasteiger partial charge in [0.1, 0.15) is 0 Å². The lowest BCUT2D eigenvalue weighted by molar-refractivity contribution is 0.188. The molecule has 0 spiro atoms. The summed E-state index contributed by atoms with van der Waals surface area (Å²) >= 11 is 0. The van der Waals surface area contributed by atoms with Gasteiger partial charge in [-0.1, -0.05) is 6.92 Å². The molecule has 5 heteroatoms. The van der Waals surface area contributed by atoms with Crippen molar-refractivity contribution < 1.29 is 0 Å². The summed E-state index contributed by atoms with van der Waals surface area (Å²) in [5.74, 6) is 1.84. The lowest BCUT2D eigenvalue weighted by Crippen LogP contribution is -2.37. The van der Waals surface area contributed by atoms with E-state index in [-0.39, 0.29) is 24.0 Å². The van der Waals surface area contributed by atoms with Gasteiger partial charge in [-0.2, -0.15) is 0 Å². The van der Waals surface area contributed by atoms with Crippen molar-refractivity contribution in [1.29, 1.82) is 0 Å². The van der Waals surface area contributed by atoms with Gasteiger partial charge in [0.25, 0.3) is 0 Å². The van der Waals surface area contributed by atoms with Crippen LogP contribution in [-0.4, -0.2) is 50.1 Å². The Bertz CT molecular complexity index is 230. The first kappa shape index (κ1) is 19.0. The van der Waals surface area contributed by atoms with Crippen LogP contribution in [0.1, 0.15) is 40.0 Å². The molecule has 0 amide bonds. The highest BCUT2D eigenvalue weighted by molar-refractivity contribution is 14.0. The molecule has 0 atom stereocenters. The minimum Gasteiger partial charge on any atom is -0.357 e. The van der Waals surface area contributed by atoms with Gasteiger partial charge in [-0.15, -0.1) is 24.0 Å². The molecule has 1 rings (SSSR count). The highest BCUT2D eigenvalue weighted by atomic mass is 127. The van der Waals surface area contributed by atoms with E-state index in [1.54, 1.807) is 0 Å². The van der Waals surface area contributed by atoms with E-state index in [4.69, 9.17) is 0 Å². The summed E-state index contributed by atoms with van der Waals surface area (Å²) in [5.41, 5.74) is 0. The number of hydrogen-bond donors (Lipinski definition) is 2. The molecule has 0 unspecified atom stereocenters. The molecular formula is C14H31IN4. The average molecular weight is 382 g/mol. The fourth-order valence-electron chi connectivity index (χ4n) is 2.46. The number of guanidine groups is 1. The van der Waals surface area contributed by atoms with E-state index in [1.807, 2.05) is 0 Å². The second-order valence-electron chi connectivity index (χ2n) is 4.96. The zero-order valence-corrected chi connectivity index (χ0v) is 15.1. The molecule has 19 heavy (non-hydrogen) atoms. The average Bonchev–Trinajstić information content (AvgIpc) is 2.40. The molecule has 1 aliphatic heterocycles. The second-order valence-corrected chi connectivity index (χ2v) is 4.96. The monoisotopic (exact) mass is 382 g/mol. The van der Waals surface area contributed by atoms with E-state index >= 15 is 0 Å². The molecule has 1 fully saturated rings. The minimum absolute atomic E-state index is 0. The summed E-state index contributed by atoms with van der Waals surface area (Å²) in [6.45, 7) is 13.0. The second kappa shape index (κ2) is 11.8. The normalized spacial score (nSPS) is 16.6. The summed E-state index contributed by atoms with van der Waals surface area (Å²) in [7, 11) is 0. The largest absolute Gasteiger partial charge is 0.357 e. The van der Waals surface area contributed by atoms with Crippen LogP contribution in [0.25, 0.3) is 0 Å². The van der Waals surface area contributed by atoms with Crippen molar-refractivity contribution in [1.82, 2.24) is 15.5 Å². The van der Waals surface area contributed by atoms with Crippen LogP contribution in [0.3, 0.4) is 0 Å². The Balaban J connectivity index is 0.00000324. The molecule has 1 heterocycles. The van der Waals surface area contributed by atoms with Crippen LogP contribution >= 0.6 is 24.0 Å². The molecule has 114 valence electrons. The van der Waals surface area contributed by atoms with E-state index in [2.05, 4.69) is 41.3 Å². The van der Waals surface area contributed by atoms with E-state index in [0.717, 1.165) is 31.5 Å². The van der Waals surface area contributed by atoms with E-state index in [1.165, 1.54) is 38.9 Å². The van der Waals surface area contributed by atoms with Gasteiger partial charge in [-0.3, -0.25) is 4.99 Å². The number of nitrogens with zero attached hydrogens (tertiary/aromatic N) is 2. The summed E-state index contributed by atoms with van der Waals surface area (Å²) in [5, 5.41) is 6.54. The first-order valence-corrected chi connectivity index (χ1v) is 7.54. The van der Waals surface area contributed by atoms with Crippen molar-refractivity contribution in [2.75, 3.05) is 39.3 Å². The predicted octanol–water partition coefficient (Wildman–Crippen LogP) is 2.30. The Hall–Kier alpha value is -0.0400. The molecule has 0 radical (unpaired) electrons. The van der Waals surface area contributed by atoms with Crippen LogP contribution in [0.5, 0.6) is 0 Å². The first-order chi connectivity index (χ1) is 8.80. The summed E-state index contributed by atoms with van der Waals surface area (Å²) < 4.78 is 0. The summed E-state index contributed by atoms with van der Waals surface area (Å²) in [4.78, 5) is 7.16. The van der Waals surface area contributed by atoms with Crippen LogP contribution in [-0.2, 0) is 0 Å². The third-order valence-electron chi connectivity index (χ3n) is 3.65. The van der Waals surface area contributed by atoms with Gasteiger partial charge in [0.2, 0.25) is 0 Å². The molecule has 0 bridgehead atoms. The maximum absolute atomic E-state index is 4.62. The number of piperidine rings is 1. The van der Waals surface area contributed by atoms with Crippen LogP contribution < -0.4 is 10.6 Å². The van der Waals surface area contributed by atoms with Gasteiger partial charge in [-0.05, 0) is 58.7 Å². The number of rotatable bonds is 6. The Morgan fingerprint density at radius 1 is 1.11 bits per heavy atom. The Labute approximate surface area is 135 Å². The smallest absolute Gasteiger partial charge is 0.191 e. The lowest BCUT2D eigenvalue weighted by atomic mass is 9.94. The number of likely N-dealkylation sites (tertiary alicyclic amines) is 1. The van der Waals surface area contributed by atoms with Crippen LogP contribution in [0.4, 0.5) is 0 Å². The first-order valence-electron chi connectivity index (χ1n) is 7.54. The van der Waals surface area contributed by atoms with Crippen molar-refractivity contribution in [2.24, 2.45) is 10.9 Å². The number of halogens is 1. The predicted molar refractivity (Wildman–Crippen MR) is 94.5 cm³/mol. The fraction of sp³-hybridized carbons (Fsp3) is 0.929. The molecule has 1 saturated heterocycles. The number of hydrogen-bond acceptors (Lipinski definition) is 2. The standard InChI is InChI=1S/C14H30N4.HI/c1-4-15-14(16-5-2)17-10-7-13-8-11-18(6-3)12-9-13;/h13H,4-12H2,1-3H3,(H2,15,16,17);1H. The van der Waals surface area contributed by atoms with E-state index in [0.29, 0.717) is 0 Å². The third kappa shape index (κ3) is 7.97. The van der Waals surface area contributed by atoms with E-state index in [9.17, 15) is 0 Å². The fourth-order valence-corrected chi connectivity index (χ4v) is 2.46. The number of aliphatic imine (C=N–C) groups is 1. The van der Waals surface area contributed by atoms with Crippen LogP contribution in [0, 0.1) is 5.92 Å². The molecule has 0 aromatic heterocycles. The van der Waals surface area contributed by atoms with Crippen molar-refractivity contribution in [3.63, 3.8) is 0 Å². The van der Waals surface area contributed by atoms with Crippen molar-refractivity contribution in [2.45, 2.75) is 40.0 Å². The van der Waals surface area contributed by atoms with Gasteiger partial charge in [0, 0.05) is 19.6 Å². The summed E-state index contributed by atoms with van der Waals surface area (Å²) in [6.07, 6.45) is 3.93. The molecule has 4 nitrogen and oxygen atoms in total. The van der Waals surface area contributed by atoms with Gasteiger partial charge in [0.05, 0.1) is 0 Å². The molecule has 0 saturated carbocycles. The zero-order chi connectivity index (χ0) is 13.2. The lowest BCUT2D eigenvalue weighted by Gasteiger charge is -2.30. The van der Waals surface area contributed by atoms with Gasteiger partial charge >= 0.3 is 0 Å². The molecule has 2 N–H and O–H groups in total. The number of nitrogens with one attached hydrogen (secondary N) is 2. The van der Waals surface area contributed by atoms with Crippen LogP contribution in [0.15, 0.2) is 4.99 Å². The highest BCUT2D eigenvalue weighted by Crippen LogP contribution is 2.19. The molecular weight excluding hydrogens is 351 g/mol. The highest BCUT2D eigenvalue weighted by Gasteiger charge is 2.17. The van der Waals surface area contributed by atoms with E-state index < -0.39 is 0 Å². The van der Waals surface area contributed by atoms with Gasteiger partial charge in [0.15, 0.2) is 5.96 Å². The third-order valence-corrected chi connectivity index (χ3v) is 3.65. The van der Waals surface area contributed by atoms with Crippen molar-refractivity contribution in [3.8, 4) is 0 Å². The topological polar surface area (TPSA) is 39.7 Å². The van der Waals surface area contributed by atoms with Gasteiger partial charge in [-0.25, -0.2) is 0 Å². The molecule has 1 aliphatic rings. The Morgan fingerprint density at radius 3 is 2.16 bits per heavy atom. The van der Waals surface area contributed by atoms with Gasteiger partial charge < -0.3 is 15.5 Å². The van der Waals surface area contributed by atoms with Crippen molar-refractivity contribution >= 4 is 29.9 Å². The quantitative estimate of drug-likeness (QED) is 0.421. The molecule has 0 aromatic carbocycles.